The highest BCUT2D eigenvalue weighted by Crippen LogP contribution is 2.22. The molecule has 84 valence electrons. The number of halogens is 1. The first-order chi connectivity index (χ1) is 7.27. The molecule has 0 bridgehead atoms. The van der Waals surface area contributed by atoms with Crippen LogP contribution in [0.3, 0.4) is 0 Å². The molecule has 0 saturated carbocycles. The number of nitrogens with one attached hydrogen (secondary N) is 1. The highest BCUT2D eigenvalue weighted by molar-refractivity contribution is 6.30. The predicted molar refractivity (Wildman–Crippen MR) is 63.4 cm³/mol. The summed E-state index contributed by atoms with van der Waals surface area (Å²) in [6.07, 6.45) is 0. The summed E-state index contributed by atoms with van der Waals surface area (Å²) < 4.78 is 5.58. The van der Waals surface area contributed by atoms with Crippen LogP contribution in [0.15, 0.2) is 18.2 Å². The molecule has 0 aromatic heterocycles. The molecule has 0 aliphatic rings. The fraction of sp³-hybridized carbons (Fsp3) is 0.455. The van der Waals surface area contributed by atoms with Crippen LogP contribution in [0.25, 0.3) is 0 Å². The molecule has 0 aliphatic heterocycles. The van der Waals surface area contributed by atoms with E-state index in [4.69, 9.17) is 22.1 Å². The van der Waals surface area contributed by atoms with Crippen LogP contribution in [-0.4, -0.2) is 19.7 Å². The standard InChI is InChI=1S/C11H17ClN2O/c1-2-14-5-6-15-11-4-3-10(12)7-9(11)8-13/h3-4,7,14H,2,5-6,8,13H2,1H3. The van der Waals surface area contributed by atoms with E-state index in [9.17, 15) is 0 Å². The van der Waals surface area contributed by atoms with E-state index in [0.29, 0.717) is 18.2 Å². The zero-order valence-corrected chi connectivity index (χ0v) is 9.68. The lowest BCUT2D eigenvalue weighted by Crippen LogP contribution is -2.20. The van der Waals surface area contributed by atoms with Gasteiger partial charge in [-0.15, -0.1) is 0 Å². The monoisotopic (exact) mass is 228 g/mol. The Morgan fingerprint density at radius 1 is 1.47 bits per heavy atom. The number of ether oxygens (including phenoxy) is 1. The Bertz CT molecular complexity index is 305. The first-order valence-electron chi connectivity index (χ1n) is 5.10. The zero-order valence-electron chi connectivity index (χ0n) is 8.92. The smallest absolute Gasteiger partial charge is 0.123 e. The zero-order chi connectivity index (χ0) is 11.1. The Balaban J connectivity index is 2.52. The molecule has 3 nitrogen and oxygen atoms in total. The lowest BCUT2D eigenvalue weighted by Gasteiger charge is -2.10. The van der Waals surface area contributed by atoms with Gasteiger partial charge in [-0.05, 0) is 24.7 Å². The minimum Gasteiger partial charge on any atom is -0.492 e. The van der Waals surface area contributed by atoms with E-state index in [-0.39, 0.29) is 0 Å². The summed E-state index contributed by atoms with van der Waals surface area (Å²) in [6, 6.07) is 5.50. The van der Waals surface area contributed by atoms with E-state index in [1.165, 1.54) is 0 Å². The molecule has 0 aliphatic carbocycles. The second-order valence-corrected chi connectivity index (χ2v) is 3.59. The molecule has 0 heterocycles. The van der Waals surface area contributed by atoms with Crippen molar-refractivity contribution in [3.05, 3.63) is 28.8 Å². The van der Waals surface area contributed by atoms with Crippen molar-refractivity contribution in [1.29, 1.82) is 0 Å². The number of likely N-dealkylation sites (N-methyl/N-ethyl adjacent to an activating group) is 1. The van der Waals surface area contributed by atoms with Gasteiger partial charge in [0.15, 0.2) is 0 Å². The molecular weight excluding hydrogens is 212 g/mol. The van der Waals surface area contributed by atoms with Gasteiger partial charge in [-0.1, -0.05) is 18.5 Å². The van der Waals surface area contributed by atoms with Crippen LogP contribution in [0.4, 0.5) is 0 Å². The minimum absolute atomic E-state index is 0.442. The highest BCUT2D eigenvalue weighted by atomic mass is 35.5. The van der Waals surface area contributed by atoms with Crippen LogP contribution in [0.2, 0.25) is 5.02 Å². The van der Waals surface area contributed by atoms with E-state index in [2.05, 4.69) is 12.2 Å². The van der Waals surface area contributed by atoms with Gasteiger partial charge in [0.2, 0.25) is 0 Å². The summed E-state index contributed by atoms with van der Waals surface area (Å²) in [6.45, 7) is 4.93. The molecule has 0 spiro atoms. The largest absolute Gasteiger partial charge is 0.492 e. The highest BCUT2D eigenvalue weighted by Gasteiger charge is 2.02. The number of rotatable bonds is 6. The molecule has 0 amide bonds. The van der Waals surface area contributed by atoms with Gasteiger partial charge in [-0.25, -0.2) is 0 Å². The van der Waals surface area contributed by atoms with Gasteiger partial charge in [0, 0.05) is 23.7 Å². The van der Waals surface area contributed by atoms with Gasteiger partial charge in [-0.3, -0.25) is 0 Å². The van der Waals surface area contributed by atoms with E-state index in [0.717, 1.165) is 24.4 Å². The summed E-state index contributed by atoms with van der Waals surface area (Å²) in [5.41, 5.74) is 6.54. The van der Waals surface area contributed by atoms with Gasteiger partial charge in [0.05, 0.1) is 0 Å². The Labute approximate surface area is 95.6 Å². The maximum absolute atomic E-state index is 5.86. The topological polar surface area (TPSA) is 47.3 Å². The van der Waals surface area contributed by atoms with E-state index in [1.807, 2.05) is 18.2 Å². The lowest BCUT2D eigenvalue weighted by molar-refractivity contribution is 0.312. The fourth-order valence-electron chi connectivity index (χ4n) is 1.26. The first kappa shape index (κ1) is 12.3. The van der Waals surface area contributed by atoms with Crippen molar-refractivity contribution in [2.45, 2.75) is 13.5 Å². The number of hydrogen-bond donors (Lipinski definition) is 2. The van der Waals surface area contributed by atoms with Crippen molar-refractivity contribution in [2.75, 3.05) is 19.7 Å². The summed E-state index contributed by atoms with van der Waals surface area (Å²) >= 11 is 5.86. The van der Waals surface area contributed by atoms with Crippen molar-refractivity contribution < 1.29 is 4.74 Å². The van der Waals surface area contributed by atoms with E-state index >= 15 is 0 Å². The Morgan fingerprint density at radius 2 is 2.27 bits per heavy atom. The SMILES string of the molecule is CCNCCOc1ccc(Cl)cc1CN. The van der Waals surface area contributed by atoms with Crippen LogP contribution >= 0.6 is 11.6 Å². The van der Waals surface area contributed by atoms with Crippen LogP contribution < -0.4 is 15.8 Å². The van der Waals surface area contributed by atoms with Crippen molar-refractivity contribution in [3.63, 3.8) is 0 Å². The second kappa shape index (κ2) is 6.67. The van der Waals surface area contributed by atoms with Crippen LogP contribution in [0, 0.1) is 0 Å². The Morgan fingerprint density at radius 3 is 2.93 bits per heavy atom. The maximum atomic E-state index is 5.86. The van der Waals surface area contributed by atoms with Gasteiger partial charge >= 0.3 is 0 Å². The molecule has 3 N–H and O–H groups in total. The minimum atomic E-state index is 0.442. The molecule has 1 aromatic rings. The molecule has 0 fully saturated rings. The normalized spacial score (nSPS) is 10.3. The Hall–Kier alpha value is -0.770. The van der Waals surface area contributed by atoms with Gasteiger partial charge in [-0.2, -0.15) is 0 Å². The van der Waals surface area contributed by atoms with Crippen LogP contribution in [0.5, 0.6) is 5.75 Å². The molecule has 0 atom stereocenters. The molecule has 15 heavy (non-hydrogen) atoms. The van der Waals surface area contributed by atoms with Crippen molar-refractivity contribution in [2.24, 2.45) is 5.73 Å². The third-order valence-electron chi connectivity index (χ3n) is 2.03. The molecular formula is C11H17ClN2O. The maximum Gasteiger partial charge on any atom is 0.123 e. The molecule has 1 aromatic carbocycles. The molecule has 1 rings (SSSR count). The summed E-state index contributed by atoms with van der Waals surface area (Å²) in [5, 5.41) is 3.87. The molecule has 0 unspecified atom stereocenters. The molecule has 0 saturated heterocycles. The number of benzene rings is 1. The van der Waals surface area contributed by atoms with E-state index < -0.39 is 0 Å². The summed E-state index contributed by atoms with van der Waals surface area (Å²) in [5.74, 6) is 0.819. The van der Waals surface area contributed by atoms with Crippen molar-refractivity contribution in [1.82, 2.24) is 5.32 Å². The van der Waals surface area contributed by atoms with Crippen LogP contribution in [0.1, 0.15) is 12.5 Å². The Kier molecular flexibility index (Phi) is 5.47. The summed E-state index contributed by atoms with van der Waals surface area (Å²) in [4.78, 5) is 0. The van der Waals surface area contributed by atoms with Gasteiger partial charge in [0.1, 0.15) is 12.4 Å². The second-order valence-electron chi connectivity index (χ2n) is 3.16. The molecule has 4 heteroatoms. The van der Waals surface area contributed by atoms with E-state index in [1.54, 1.807) is 0 Å². The average molecular weight is 229 g/mol. The predicted octanol–water partition coefficient (Wildman–Crippen LogP) is 1.79. The van der Waals surface area contributed by atoms with Gasteiger partial charge < -0.3 is 15.8 Å². The van der Waals surface area contributed by atoms with Gasteiger partial charge in [0.25, 0.3) is 0 Å². The van der Waals surface area contributed by atoms with Crippen LogP contribution in [-0.2, 0) is 6.54 Å². The van der Waals surface area contributed by atoms with Crippen molar-refractivity contribution >= 4 is 11.6 Å². The number of nitrogens with two attached hydrogens (primary N) is 1. The number of hydrogen-bond acceptors (Lipinski definition) is 3. The van der Waals surface area contributed by atoms with Crippen molar-refractivity contribution in [3.8, 4) is 5.75 Å². The first-order valence-corrected chi connectivity index (χ1v) is 5.47. The fourth-order valence-corrected chi connectivity index (χ4v) is 1.45. The quantitative estimate of drug-likeness (QED) is 0.730. The average Bonchev–Trinajstić information content (AvgIpc) is 2.26. The third-order valence-corrected chi connectivity index (χ3v) is 2.26. The summed E-state index contributed by atoms with van der Waals surface area (Å²) in [7, 11) is 0. The third kappa shape index (κ3) is 4.08. The lowest BCUT2D eigenvalue weighted by atomic mass is 10.2. The molecule has 0 radical (unpaired) electrons.